The second-order valence-electron chi connectivity index (χ2n) is 14.8. The number of pyridine rings is 2. The van der Waals surface area contributed by atoms with Crippen LogP contribution in [0.2, 0.25) is 0 Å². The Morgan fingerprint density at radius 2 is 0.934 bits per heavy atom. The third-order valence-electron chi connectivity index (χ3n) is 11.0. The van der Waals surface area contributed by atoms with Gasteiger partial charge in [0.15, 0.2) is 11.2 Å². The normalized spacial score (nSPS) is 11.6. The van der Waals surface area contributed by atoms with Gasteiger partial charge in [-0.1, -0.05) is 36.4 Å². The maximum absolute atomic E-state index is 6.68. The molecule has 7 aromatic carbocycles. The third-order valence-corrected chi connectivity index (χ3v) is 11.0. The molecule has 0 bridgehead atoms. The minimum atomic E-state index is 0.585. The van der Waals surface area contributed by atoms with Gasteiger partial charge in [0.1, 0.15) is 28.0 Å². The zero-order chi connectivity index (χ0) is 40.3. The maximum Gasteiger partial charge on any atom is 0.227 e. The highest BCUT2D eigenvalue weighted by Gasteiger charge is 2.19. The van der Waals surface area contributed by atoms with Gasteiger partial charge in [-0.25, -0.2) is 15.0 Å². The van der Waals surface area contributed by atoms with Crippen molar-refractivity contribution in [3.63, 3.8) is 0 Å². The first-order valence-electron chi connectivity index (χ1n) is 19.9. The molecule has 9 heteroatoms. The predicted molar refractivity (Wildman–Crippen MR) is 242 cm³/mol. The molecular formula is C52H32N6O3. The Bertz CT molecular complexity index is 3310. The summed E-state index contributed by atoms with van der Waals surface area (Å²) >= 11 is 0. The van der Waals surface area contributed by atoms with Gasteiger partial charge in [0.05, 0.1) is 0 Å². The molecule has 0 N–H and O–H groups in total. The van der Waals surface area contributed by atoms with Gasteiger partial charge in [-0.2, -0.15) is 0 Å². The average molecular weight is 789 g/mol. The highest BCUT2D eigenvalue weighted by atomic mass is 16.4. The first-order chi connectivity index (χ1) is 30.2. The van der Waals surface area contributed by atoms with E-state index in [0.717, 1.165) is 100 Å². The van der Waals surface area contributed by atoms with Crippen molar-refractivity contribution >= 4 is 89.2 Å². The molecule has 0 radical (unpaired) electrons. The van der Waals surface area contributed by atoms with Crippen LogP contribution in [0.4, 0.5) is 34.3 Å². The molecular weight excluding hydrogens is 757 g/mol. The molecule has 0 spiro atoms. The molecule has 0 aliphatic rings. The van der Waals surface area contributed by atoms with Gasteiger partial charge in [-0.3, -0.25) is 9.88 Å². The fraction of sp³-hybridized carbons (Fsp3) is 0. The highest BCUT2D eigenvalue weighted by Crippen LogP contribution is 2.42. The van der Waals surface area contributed by atoms with Crippen LogP contribution >= 0.6 is 0 Å². The minimum absolute atomic E-state index is 0.585. The smallest absolute Gasteiger partial charge is 0.227 e. The Labute approximate surface area is 348 Å². The molecule has 9 nitrogen and oxygen atoms in total. The number of hydrogen-bond donors (Lipinski definition) is 0. The fourth-order valence-corrected chi connectivity index (χ4v) is 8.11. The number of oxazole rings is 2. The zero-order valence-corrected chi connectivity index (χ0v) is 32.4. The molecule has 0 fully saturated rings. The molecule has 0 saturated carbocycles. The summed E-state index contributed by atoms with van der Waals surface area (Å²) in [7, 11) is 0. The van der Waals surface area contributed by atoms with Crippen molar-refractivity contribution in [2.75, 3.05) is 9.80 Å². The van der Waals surface area contributed by atoms with E-state index in [-0.39, 0.29) is 0 Å². The summed E-state index contributed by atoms with van der Waals surface area (Å²) in [6, 6.07) is 59.2. The Morgan fingerprint density at radius 3 is 1.59 bits per heavy atom. The molecule has 0 saturated heterocycles. The van der Waals surface area contributed by atoms with Crippen LogP contribution in [0.3, 0.4) is 0 Å². The van der Waals surface area contributed by atoms with Crippen molar-refractivity contribution in [2.45, 2.75) is 0 Å². The van der Waals surface area contributed by atoms with Crippen LogP contribution in [0, 0.1) is 0 Å². The second kappa shape index (κ2) is 14.1. The predicted octanol–water partition coefficient (Wildman–Crippen LogP) is 14.1. The molecule has 0 amide bonds. The van der Waals surface area contributed by atoms with Gasteiger partial charge < -0.3 is 18.2 Å². The summed E-state index contributed by atoms with van der Waals surface area (Å²) in [6.07, 6.45) is 5.42. The molecule has 0 atom stereocenters. The number of nitrogens with zero attached hydrogens (tertiary/aromatic N) is 6. The van der Waals surface area contributed by atoms with E-state index < -0.39 is 0 Å². The Hall–Kier alpha value is -8.56. The van der Waals surface area contributed by atoms with E-state index >= 15 is 0 Å². The number of aromatic nitrogens is 4. The molecule has 5 aromatic heterocycles. The largest absolute Gasteiger partial charge is 0.456 e. The molecule has 61 heavy (non-hydrogen) atoms. The van der Waals surface area contributed by atoms with Gasteiger partial charge in [-0.15, -0.1) is 0 Å². The van der Waals surface area contributed by atoms with Crippen LogP contribution in [0.5, 0.6) is 0 Å². The lowest BCUT2D eigenvalue weighted by molar-refractivity contribution is 0.619. The van der Waals surface area contributed by atoms with Crippen molar-refractivity contribution in [3.05, 3.63) is 195 Å². The number of rotatable bonds is 8. The van der Waals surface area contributed by atoms with E-state index in [9.17, 15) is 0 Å². The minimum Gasteiger partial charge on any atom is -0.456 e. The molecule has 0 aliphatic carbocycles. The monoisotopic (exact) mass is 788 g/mol. The summed E-state index contributed by atoms with van der Waals surface area (Å²) < 4.78 is 18.8. The maximum atomic E-state index is 6.68. The quantitative estimate of drug-likeness (QED) is 0.149. The van der Waals surface area contributed by atoms with E-state index in [1.807, 2.05) is 109 Å². The number of para-hydroxylation sites is 4. The van der Waals surface area contributed by atoms with Crippen LogP contribution in [-0.4, -0.2) is 19.9 Å². The number of anilines is 6. The van der Waals surface area contributed by atoms with Crippen molar-refractivity contribution < 1.29 is 13.3 Å². The van der Waals surface area contributed by atoms with Crippen LogP contribution in [-0.2, 0) is 0 Å². The Morgan fingerprint density at radius 1 is 0.361 bits per heavy atom. The number of benzene rings is 7. The summed E-state index contributed by atoms with van der Waals surface area (Å²) in [5.74, 6) is 1.97. The van der Waals surface area contributed by atoms with Crippen LogP contribution in [0.1, 0.15) is 0 Å². The number of hydrogen-bond acceptors (Lipinski definition) is 9. The Balaban J connectivity index is 0.903. The van der Waals surface area contributed by atoms with Gasteiger partial charge in [0.25, 0.3) is 0 Å². The van der Waals surface area contributed by atoms with Gasteiger partial charge in [0, 0.05) is 75.0 Å². The average Bonchev–Trinajstić information content (AvgIpc) is 4.05. The highest BCUT2D eigenvalue weighted by molar-refractivity contribution is 6.11. The SMILES string of the molecule is c1ccc(N(c2ccc(-c3nc4ccccc4o3)cc2)c2ccc3cc4c(cc3c2)oc2cc(N(c3ccncc3)c3ccc(-c5nc6ccccc6o5)cc3)ccc24)nc1. The lowest BCUT2D eigenvalue weighted by Crippen LogP contribution is -2.11. The van der Waals surface area contributed by atoms with Gasteiger partial charge in [-0.05, 0) is 144 Å². The van der Waals surface area contributed by atoms with Crippen LogP contribution in [0.15, 0.2) is 208 Å². The molecule has 288 valence electrons. The second-order valence-corrected chi connectivity index (χ2v) is 14.8. The lowest BCUT2D eigenvalue weighted by Gasteiger charge is -2.25. The fourth-order valence-electron chi connectivity index (χ4n) is 8.11. The first kappa shape index (κ1) is 34.5. The van der Waals surface area contributed by atoms with Crippen LogP contribution < -0.4 is 9.80 Å². The molecule has 0 unspecified atom stereocenters. The molecule has 0 aliphatic heterocycles. The zero-order valence-electron chi connectivity index (χ0n) is 32.4. The van der Waals surface area contributed by atoms with E-state index in [4.69, 9.17) is 28.2 Å². The van der Waals surface area contributed by atoms with Crippen molar-refractivity contribution in [2.24, 2.45) is 0 Å². The number of furan rings is 1. The first-order valence-corrected chi connectivity index (χ1v) is 19.9. The van der Waals surface area contributed by atoms with E-state index in [0.29, 0.717) is 11.8 Å². The van der Waals surface area contributed by atoms with E-state index in [1.54, 1.807) is 12.4 Å². The lowest BCUT2D eigenvalue weighted by atomic mass is 10.0. The summed E-state index contributed by atoms with van der Waals surface area (Å²) in [5.41, 5.74) is 11.4. The van der Waals surface area contributed by atoms with Crippen LogP contribution in [0.25, 0.3) is 77.8 Å². The molecule has 12 rings (SSSR count). The third kappa shape index (κ3) is 6.11. The summed E-state index contributed by atoms with van der Waals surface area (Å²) in [5, 5.41) is 4.25. The summed E-state index contributed by atoms with van der Waals surface area (Å²) in [6.45, 7) is 0. The van der Waals surface area contributed by atoms with Gasteiger partial charge in [0.2, 0.25) is 11.8 Å². The topological polar surface area (TPSA) is 97.5 Å². The van der Waals surface area contributed by atoms with Gasteiger partial charge >= 0.3 is 0 Å². The van der Waals surface area contributed by atoms with Crippen molar-refractivity contribution in [3.8, 4) is 22.9 Å². The van der Waals surface area contributed by atoms with Crippen molar-refractivity contribution in [1.82, 2.24) is 19.9 Å². The standard InChI is InChI=1S/C52H32N6O3/c1-3-9-46-44(7-1)55-51(60-46)33-12-17-37(18-13-33)57(39-24-27-53-28-25-39)41-22-23-42-43-30-35-16-21-40(29-36(35)31-48(43)59-49(42)32-41)58(50-11-5-6-26-54-50)38-19-14-34(15-20-38)52-56-45-8-2-4-10-47(45)61-52/h1-32H. The van der Waals surface area contributed by atoms with E-state index in [1.165, 1.54) is 0 Å². The van der Waals surface area contributed by atoms with Crippen molar-refractivity contribution in [1.29, 1.82) is 0 Å². The molecule has 5 heterocycles. The Kier molecular flexibility index (Phi) is 7.95. The molecule has 12 aromatic rings. The van der Waals surface area contributed by atoms with E-state index in [2.05, 4.69) is 87.6 Å². The summed E-state index contributed by atoms with van der Waals surface area (Å²) in [4.78, 5) is 22.8. The number of fused-ring (bicyclic) bond motifs is 6.